The summed E-state index contributed by atoms with van der Waals surface area (Å²) >= 11 is 0. The van der Waals surface area contributed by atoms with Crippen LogP contribution >= 0.6 is 0 Å². The van der Waals surface area contributed by atoms with E-state index < -0.39 is 11.4 Å². The number of hydrogen-bond donors (Lipinski definition) is 2. The third kappa shape index (κ3) is 3.47. The van der Waals surface area contributed by atoms with E-state index in [1.54, 1.807) is 11.8 Å². The highest BCUT2D eigenvalue weighted by molar-refractivity contribution is 5.80. The van der Waals surface area contributed by atoms with Gasteiger partial charge in [0, 0.05) is 19.1 Å². The Kier molecular flexibility index (Phi) is 4.45. The Hall–Kier alpha value is -1.10. The van der Waals surface area contributed by atoms with E-state index >= 15 is 0 Å². The fourth-order valence-corrected chi connectivity index (χ4v) is 3.10. The van der Waals surface area contributed by atoms with Crippen molar-refractivity contribution >= 4 is 11.9 Å². The van der Waals surface area contributed by atoms with Crippen molar-refractivity contribution in [2.75, 3.05) is 19.6 Å². The van der Waals surface area contributed by atoms with Gasteiger partial charge in [0.05, 0.1) is 12.0 Å². The van der Waals surface area contributed by atoms with E-state index in [1.165, 1.54) is 12.8 Å². The zero-order valence-corrected chi connectivity index (χ0v) is 11.7. The Morgan fingerprint density at radius 3 is 2.63 bits per heavy atom. The lowest BCUT2D eigenvalue weighted by Crippen LogP contribution is -2.51. The molecule has 0 aromatic carbocycles. The number of carbonyl (C=O) groups excluding carboxylic acids is 1. The van der Waals surface area contributed by atoms with Gasteiger partial charge in [-0.05, 0) is 32.6 Å². The van der Waals surface area contributed by atoms with Gasteiger partial charge in [-0.2, -0.15) is 0 Å². The first-order chi connectivity index (χ1) is 9.01. The first kappa shape index (κ1) is 14.3. The van der Waals surface area contributed by atoms with E-state index in [2.05, 4.69) is 5.32 Å². The number of amides is 1. The molecule has 5 heteroatoms. The molecule has 5 nitrogen and oxygen atoms in total. The summed E-state index contributed by atoms with van der Waals surface area (Å²) in [5.41, 5.74) is -0.777. The van der Waals surface area contributed by atoms with Gasteiger partial charge in [0.2, 0.25) is 5.91 Å². The number of carboxylic acid groups (broad SMARTS) is 1. The zero-order chi connectivity index (χ0) is 13.9. The number of carboxylic acids is 1. The maximum absolute atomic E-state index is 12.1. The minimum Gasteiger partial charge on any atom is -0.481 e. The second-order valence-electron chi connectivity index (χ2n) is 6.15. The Balaban J connectivity index is 1.83. The van der Waals surface area contributed by atoms with Crippen LogP contribution in [0.15, 0.2) is 0 Å². The van der Waals surface area contributed by atoms with Gasteiger partial charge in [0.15, 0.2) is 0 Å². The lowest BCUT2D eigenvalue weighted by molar-refractivity contribution is -0.153. The third-order valence-corrected chi connectivity index (χ3v) is 4.46. The van der Waals surface area contributed by atoms with E-state index in [9.17, 15) is 14.7 Å². The number of nitrogens with one attached hydrogen (secondary N) is 1. The summed E-state index contributed by atoms with van der Waals surface area (Å²) in [6.07, 6.45) is 6.22. The minimum atomic E-state index is -0.797. The molecule has 19 heavy (non-hydrogen) atoms. The molecule has 0 bridgehead atoms. The topological polar surface area (TPSA) is 69.6 Å². The summed E-state index contributed by atoms with van der Waals surface area (Å²) in [6.45, 7) is 3.11. The molecule has 1 aliphatic heterocycles. The molecule has 2 rings (SSSR count). The molecule has 1 atom stereocenters. The number of aliphatic carboxylic acids is 1. The lowest BCUT2D eigenvalue weighted by atomic mass is 9.82. The predicted molar refractivity (Wildman–Crippen MR) is 71.8 cm³/mol. The highest BCUT2D eigenvalue weighted by Crippen LogP contribution is 2.29. The number of likely N-dealkylation sites (tertiary alicyclic amines) is 1. The maximum atomic E-state index is 12.1. The highest BCUT2D eigenvalue weighted by atomic mass is 16.4. The molecule has 1 aliphatic carbocycles. The molecular weight excluding hydrogens is 244 g/mol. The summed E-state index contributed by atoms with van der Waals surface area (Å²) in [7, 11) is 0. The van der Waals surface area contributed by atoms with Crippen LogP contribution in [-0.2, 0) is 9.59 Å². The monoisotopic (exact) mass is 268 g/mol. The third-order valence-electron chi connectivity index (χ3n) is 4.46. The van der Waals surface area contributed by atoms with Crippen molar-refractivity contribution in [3.63, 3.8) is 0 Å². The van der Waals surface area contributed by atoms with Crippen LogP contribution in [0.1, 0.15) is 45.4 Å². The van der Waals surface area contributed by atoms with Crippen LogP contribution in [-0.4, -0.2) is 47.6 Å². The van der Waals surface area contributed by atoms with E-state index in [0.717, 1.165) is 19.3 Å². The van der Waals surface area contributed by atoms with Gasteiger partial charge in [0.25, 0.3) is 0 Å². The molecule has 2 N–H and O–H groups in total. The van der Waals surface area contributed by atoms with Gasteiger partial charge in [0.1, 0.15) is 0 Å². The molecular formula is C14H24N2O3. The fourth-order valence-electron chi connectivity index (χ4n) is 3.10. The van der Waals surface area contributed by atoms with Crippen LogP contribution in [0.2, 0.25) is 0 Å². The molecule has 1 saturated heterocycles. The van der Waals surface area contributed by atoms with E-state index in [-0.39, 0.29) is 5.91 Å². The predicted octanol–water partition coefficient (Wildman–Crippen LogP) is 1.23. The standard InChI is InChI=1S/C14H24N2O3/c1-14(13(18)19)7-4-8-16(10-14)12(17)9-15-11-5-2-3-6-11/h11,15H,2-10H2,1H3,(H,18,19). The number of hydrogen-bond acceptors (Lipinski definition) is 3. The Labute approximate surface area is 114 Å². The molecule has 0 radical (unpaired) electrons. The summed E-state index contributed by atoms with van der Waals surface area (Å²) in [6, 6.07) is 0.472. The molecule has 0 spiro atoms. The van der Waals surface area contributed by atoms with Crippen molar-refractivity contribution in [1.82, 2.24) is 10.2 Å². The second-order valence-corrected chi connectivity index (χ2v) is 6.15. The summed E-state index contributed by atoms with van der Waals surface area (Å²) in [5, 5.41) is 12.5. The van der Waals surface area contributed by atoms with Gasteiger partial charge in [-0.25, -0.2) is 0 Å². The van der Waals surface area contributed by atoms with Gasteiger partial charge < -0.3 is 15.3 Å². The molecule has 1 amide bonds. The first-order valence-electron chi connectivity index (χ1n) is 7.26. The van der Waals surface area contributed by atoms with Crippen molar-refractivity contribution in [2.24, 2.45) is 5.41 Å². The zero-order valence-electron chi connectivity index (χ0n) is 11.7. The first-order valence-corrected chi connectivity index (χ1v) is 7.26. The van der Waals surface area contributed by atoms with E-state index in [1.807, 2.05) is 0 Å². The molecule has 1 heterocycles. The Bertz CT molecular complexity index is 353. The lowest BCUT2D eigenvalue weighted by Gasteiger charge is -2.37. The van der Waals surface area contributed by atoms with Crippen LogP contribution in [0.5, 0.6) is 0 Å². The molecule has 2 aliphatic rings. The number of nitrogens with zero attached hydrogens (tertiary/aromatic N) is 1. The van der Waals surface area contributed by atoms with Crippen molar-refractivity contribution in [1.29, 1.82) is 0 Å². The van der Waals surface area contributed by atoms with Crippen molar-refractivity contribution in [3.05, 3.63) is 0 Å². The maximum Gasteiger partial charge on any atom is 0.311 e. The van der Waals surface area contributed by atoms with Crippen molar-refractivity contribution in [2.45, 2.75) is 51.5 Å². The summed E-state index contributed by atoms with van der Waals surface area (Å²) < 4.78 is 0. The average molecular weight is 268 g/mol. The largest absolute Gasteiger partial charge is 0.481 e. The smallest absolute Gasteiger partial charge is 0.311 e. The van der Waals surface area contributed by atoms with Crippen molar-refractivity contribution < 1.29 is 14.7 Å². The van der Waals surface area contributed by atoms with Crippen LogP contribution in [0.25, 0.3) is 0 Å². The summed E-state index contributed by atoms with van der Waals surface area (Å²) in [5.74, 6) is -0.757. The summed E-state index contributed by atoms with van der Waals surface area (Å²) in [4.78, 5) is 25.1. The molecule has 0 aromatic heterocycles. The van der Waals surface area contributed by atoms with Crippen LogP contribution < -0.4 is 5.32 Å². The van der Waals surface area contributed by atoms with Crippen molar-refractivity contribution in [3.8, 4) is 0 Å². The molecule has 108 valence electrons. The van der Waals surface area contributed by atoms with Gasteiger partial charge >= 0.3 is 5.97 Å². The molecule has 1 unspecified atom stereocenters. The van der Waals surface area contributed by atoms with Gasteiger partial charge in [-0.3, -0.25) is 9.59 Å². The van der Waals surface area contributed by atoms with E-state index in [4.69, 9.17) is 0 Å². The Morgan fingerprint density at radius 2 is 2.00 bits per heavy atom. The fraction of sp³-hybridized carbons (Fsp3) is 0.857. The van der Waals surface area contributed by atoms with E-state index in [0.29, 0.717) is 32.1 Å². The highest BCUT2D eigenvalue weighted by Gasteiger charge is 2.39. The average Bonchev–Trinajstić information content (AvgIpc) is 2.89. The van der Waals surface area contributed by atoms with Gasteiger partial charge in [-0.1, -0.05) is 12.8 Å². The minimum absolute atomic E-state index is 0.0408. The quantitative estimate of drug-likeness (QED) is 0.804. The number of rotatable bonds is 4. The normalized spacial score (nSPS) is 28.6. The molecule has 1 saturated carbocycles. The van der Waals surface area contributed by atoms with Gasteiger partial charge in [-0.15, -0.1) is 0 Å². The number of piperidine rings is 1. The van der Waals surface area contributed by atoms with Crippen LogP contribution in [0, 0.1) is 5.41 Å². The second kappa shape index (κ2) is 5.90. The number of carbonyl (C=O) groups is 2. The molecule has 2 fully saturated rings. The molecule has 0 aromatic rings. The Morgan fingerprint density at radius 1 is 1.32 bits per heavy atom. The SMILES string of the molecule is CC1(C(=O)O)CCCN(C(=O)CNC2CCCC2)C1. The van der Waals surface area contributed by atoms with Crippen LogP contribution in [0.4, 0.5) is 0 Å². The van der Waals surface area contributed by atoms with Crippen LogP contribution in [0.3, 0.4) is 0 Å².